The predicted octanol–water partition coefficient (Wildman–Crippen LogP) is 3.89. The highest BCUT2D eigenvalue weighted by molar-refractivity contribution is 6.30. The first-order valence-electron chi connectivity index (χ1n) is 7.23. The highest BCUT2D eigenvalue weighted by Crippen LogP contribution is 2.20. The summed E-state index contributed by atoms with van der Waals surface area (Å²) >= 11 is 5.90. The normalized spacial score (nSPS) is 10.8. The molecular formula is C18H14ClFN2O2. The molecule has 0 atom stereocenters. The maximum absolute atomic E-state index is 13.5. The van der Waals surface area contributed by atoms with E-state index in [2.05, 4.69) is 5.32 Å². The molecule has 1 heterocycles. The van der Waals surface area contributed by atoms with Crippen LogP contribution in [-0.4, -0.2) is 10.5 Å². The number of hydrogen-bond acceptors (Lipinski definition) is 2. The van der Waals surface area contributed by atoms with E-state index in [-0.39, 0.29) is 10.9 Å². The third-order valence-electron chi connectivity index (χ3n) is 3.83. The van der Waals surface area contributed by atoms with Crippen LogP contribution in [0.1, 0.15) is 15.9 Å². The monoisotopic (exact) mass is 344 g/mol. The van der Waals surface area contributed by atoms with Crippen LogP contribution in [0, 0.1) is 12.7 Å². The van der Waals surface area contributed by atoms with Gasteiger partial charge in [-0.05, 0) is 48.9 Å². The van der Waals surface area contributed by atoms with Crippen LogP contribution in [0.25, 0.3) is 10.9 Å². The predicted molar refractivity (Wildman–Crippen MR) is 93.3 cm³/mol. The molecular weight excluding hydrogens is 331 g/mol. The van der Waals surface area contributed by atoms with Gasteiger partial charge in [-0.2, -0.15) is 0 Å². The van der Waals surface area contributed by atoms with E-state index in [1.54, 1.807) is 36.7 Å². The van der Waals surface area contributed by atoms with E-state index in [0.717, 1.165) is 11.6 Å². The average Bonchev–Trinajstić information content (AvgIpc) is 2.53. The molecule has 0 unspecified atom stereocenters. The molecule has 122 valence electrons. The lowest BCUT2D eigenvalue weighted by Gasteiger charge is -2.11. The Bertz CT molecular complexity index is 1030. The van der Waals surface area contributed by atoms with Crippen molar-refractivity contribution in [2.24, 2.45) is 7.05 Å². The number of rotatable bonds is 2. The first-order valence-corrected chi connectivity index (χ1v) is 7.61. The van der Waals surface area contributed by atoms with E-state index >= 15 is 0 Å². The summed E-state index contributed by atoms with van der Waals surface area (Å²) in [5.41, 5.74) is 1.34. The summed E-state index contributed by atoms with van der Waals surface area (Å²) in [6, 6.07) is 8.96. The van der Waals surface area contributed by atoms with Crippen molar-refractivity contribution in [2.75, 3.05) is 5.32 Å². The van der Waals surface area contributed by atoms with Crippen molar-refractivity contribution < 1.29 is 9.18 Å². The van der Waals surface area contributed by atoms with Crippen molar-refractivity contribution in [1.29, 1.82) is 0 Å². The van der Waals surface area contributed by atoms with Crippen LogP contribution in [-0.2, 0) is 7.05 Å². The zero-order valence-corrected chi connectivity index (χ0v) is 13.8. The maximum Gasteiger partial charge on any atom is 0.261 e. The molecule has 1 N–H and O–H groups in total. The van der Waals surface area contributed by atoms with Crippen LogP contribution < -0.4 is 10.7 Å². The Morgan fingerprint density at radius 3 is 2.67 bits per heavy atom. The molecule has 0 aliphatic carbocycles. The number of carbonyl (C=O) groups is 1. The number of pyridine rings is 1. The molecule has 0 aliphatic heterocycles. The molecule has 0 fully saturated rings. The Labute approximate surface area is 142 Å². The molecule has 0 spiro atoms. The number of benzene rings is 2. The fourth-order valence-corrected chi connectivity index (χ4v) is 2.81. The highest BCUT2D eigenvalue weighted by atomic mass is 35.5. The van der Waals surface area contributed by atoms with E-state index in [4.69, 9.17) is 11.6 Å². The summed E-state index contributed by atoms with van der Waals surface area (Å²) in [4.78, 5) is 25.0. The van der Waals surface area contributed by atoms with Crippen molar-refractivity contribution in [3.63, 3.8) is 0 Å². The number of fused-ring (bicyclic) bond motifs is 1. The molecule has 4 nitrogen and oxygen atoms in total. The number of nitrogens with one attached hydrogen (secondary N) is 1. The minimum atomic E-state index is -0.549. The molecule has 6 heteroatoms. The Kier molecular flexibility index (Phi) is 4.11. The number of halogens is 2. The van der Waals surface area contributed by atoms with Gasteiger partial charge >= 0.3 is 0 Å². The van der Waals surface area contributed by atoms with Crippen molar-refractivity contribution >= 4 is 34.1 Å². The van der Waals surface area contributed by atoms with Crippen molar-refractivity contribution in [2.45, 2.75) is 6.92 Å². The summed E-state index contributed by atoms with van der Waals surface area (Å²) in [5, 5.41) is 3.42. The Morgan fingerprint density at radius 1 is 1.21 bits per heavy atom. The van der Waals surface area contributed by atoms with Gasteiger partial charge in [0.2, 0.25) is 5.43 Å². The molecule has 1 aromatic heterocycles. The second-order valence-electron chi connectivity index (χ2n) is 5.56. The zero-order chi connectivity index (χ0) is 17.4. The standard InChI is InChI=1S/C18H14ClFN2O2/c1-10-7-11(19)3-5-15(10)21-18(24)14-9-22(2)16-6-4-12(20)8-13(16)17(14)23/h3-9H,1-2H3,(H,21,24). The average molecular weight is 345 g/mol. The number of anilines is 1. The quantitative estimate of drug-likeness (QED) is 0.766. The third kappa shape index (κ3) is 2.90. The number of hydrogen-bond donors (Lipinski definition) is 1. The molecule has 0 bridgehead atoms. The smallest absolute Gasteiger partial charge is 0.261 e. The fourth-order valence-electron chi connectivity index (χ4n) is 2.58. The van der Waals surface area contributed by atoms with Crippen LogP contribution in [0.5, 0.6) is 0 Å². The third-order valence-corrected chi connectivity index (χ3v) is 4.07. The number of aryl methyl sites for hydroxylation is 2. The lowest BCUT2D eigenvalue weighted by molar-refractivity contribution is 0.102. The molecule has 0 aliphatic rings. The van der Waals surface area contributed by atoms with Crippen LogP contribution >= 0.6 is 11.6 Å². The highest BCUT2D eigenvalue weighted by Gasteiger charge is 2.16. The minimum Gasteiger partial charge on any atom is -0.350 e. The summed E-state index contributed by atoms with van der Waals surface area (Å²) in [5.74, 6) is -1.07. The van der Waals surface area contributed by atoms with Gasteiger partial charge in [0, 0.05) is 29.3 Å². The van der Waals surface area contributed by atoms with Crippen LogP contribution in [0.15, 0.2) is 47.4 Å². The molecule has 3 rings (SSSR count). The first kappa shape index (κ1) is 16.2. The van der Waals surface area contributed by atoms with Crippen LogP contribution in [0.4, 0.5) is 10.1 Å². The lowest BCUT2D eigenvalue weighted by Crippen LogP contribution is -2.23. The van der Waals surface area contributed by atoms with E-state index in [9.17, 15) is 14.0 Å². The number of carbonyl (C=O) groups excluding carboxylic acids is 1. The van der Waals surface area contributed by atoms with Crippen molar-refractivity contribution in [3.05, 3.63) is 74.8 Å². The van der Waals surface area contributed by atoms with Gasteiger partial charge in [0.1, 0.15) is 11.4 Å². The molecule has 3 aromatic rings. The van der Waals surface area contributed by atoms with Gasteiger partial charge in [-0.1, -0.05) is 11.6 Å². The molecule has 0 saturated carbocycles. The largest absolute Gasteiger partial charge is 0.350 e. The van der Waals surface area contributed by atoms with Gasteiger partial charge in [-0.15, -0.1) is 0 Å². The van der Waals surface area contributed by atoms with E-state index in [1.165, 1.54) is 18.3 Å². The van der Waals surface area contributed by atoms with Gasteiger partial charge in [0.15, 0.2) is 0 Å². The van der Waals surface area contributed by atoms with Crippen molar-refractivity contribution in [1.82, 2.24) is 4.57 Å². The Hall–Kier alpha value is -2.66. The van der Waals surface area contributed by atoms with Crippen molar-refractivity contribution in [3.8, 4) is 0 Å². The molecule has 0 saturated heterocycles. The van der Waals surface area contributed by atoms with Gasteiger partial charge in [-0.3, -0.25) is 9.59 Å². The maximum atomic E-state index is 13.5. The van der Waals surface area contributed by atoms with Gasteiger partial charge in [0.05, 0.1) is 5.52 Å². The molecule has 2 aromatic carbocycles. The fraction of sp³-hybridized carbons (Fsp3) is 0.111. The summed E-state index contributed by atoms with van der Waals surface area (Å²) in [6.07, 6.45) is 1.45. The van der Waals surface area contributed by atoms with Gasteiger partial charge in [0.25, 0.3) is 5.91 Å². The van der Waals surface area contributed by atoms with Crippen LogP contribution in [0.3, 0.4) is 0 Å². The molecule has 1 amide bonds. The summed E-state index contributed by atoms with van der Waals surface area (Å²) in [6.45, 7) is 1.80. The van der Waals surface area contributed by atoms with E-state index in [1.807, 2.05) is 0 Å². The number of aromatic nitrogens is 1. The second kappa shape index (κ2) is 6.09. The first-order chi connectivity index (χ1) is 11.4. The van der Waals surface area contributed by atoms with E-state index < -0.39 is 17.2 Å². The number of nitrogens with zero attached hydrogens (tertiary/aromatic N) is 1. The van der Waals surface area contributed by atoms with Gasteiger partial charge in [-0.25, -0.2) is 4.39 Å². The topological polar surface area (TPSA) is 51.1 Å². The van der Waals surface area contributed by atoms with Gasteiger partial charge < -0.3 is 9.88 Å². The second-order valence-corrected chi connectivity index (χ2v) is 5.99. The minimum absolute atomic E-state index is 0.0510. The van der Waals surface area contributed by atoms with Crippen LogP contribution in [0.2, 0.25) is 5.02 Å². The zero-order valence-electron chi connectivity index (χ0n) is 13.1. The lowest BCUT2D eigenvalue weighted by atomic mass is 10.1. The Morgan fingerprint density at radius 2 is 1.96 bits per heavy atom. The molecule has 0 radical (unpaired) electrons. The summed E-state index contributed by atoms with van der Waals surface area (Å²) < 4.78 is 15.1. The van der Waals surface area contributed by atoms with E-state index in [0.29, 0.717) is 16.2 Å². The molecule has 24 heavy (non-hydrogen) atoms. The summed E-state index contributed by atoms with van der Waals surface area (Å²) in [7, 11) is 1.70. The number of amides is 1. The Balaban J connectivity index is 2.07. The SMILES string of the molecule is Cc1cc(Cl)ccc1NC(=O)c1cn(C)c2ccc(F)cc2c1=O.